The third-order valence-corrected chi connectivity index (χ3v) is 2.69. The Morgan fingerprint density at radius 3 is 2.78 bits per heavy atom. The van der Waals surface area contributed by atoms with Gasteiger partial charge >= 0.3 is 0 Å². The molecule has 0 fully saturated rings. The summed E-state index contributed by atoms with van der Waals surface area (Å²) in [6, 6.07) is 5.77. The molecule has 0 atom stereocenters. The Kier molecular flexibility index (Phi) is 3.46. The van der Waals surface area contributed by atoms with Gasteiger partial charge in [0.15, 0.2) is 11.7 Å². The number of methoxy groups -OCH3 is 1. The van der Waals surface area contributed by atoms with E-state index in [1.54, 1.807) is 14.0 Å². The van der Waals surface area contributed by atoms with Crippen molar-refractivity contribution in [2.75, 3.05) is 7.11 Å². The quantitative estimate of drug-likeness (QED) is 0.777. The van der Waals surface area contributed by atoms with Crippen LogP contribution in [-0.2, 0) is 6.42 Å². The van der Waals surface area contributed by atoms with E-state index in [2.05, 4.69) is 4.98 Å². The largest absolute Gasteiger partial charge is 0.496 e. The van der Waals surface area contributed by atoms with E-state index in [0.717, 1.165) is 11.1 Å². The fourth-order valence-electron chi connectivity index (χ4n) is 1.80. The molecule has 0 spiro atoms. The van der Waals surface area contributed by atoms with E-state index in [1.807, 2.05) is 25.1 Å². The van der Waals surface area contributed by atoms with Gasteiger partial charge in [0.2, 0.25) is 0 Å². The van der Waals surface area contributed by atoms with E-state index < -0.39 is 0 Å². The molecule has 18 heavy (non-hydrogen) atoms. The minimum atomic E-state index is -0.0734. The third-order valence-electron chi connectivity index (χ3n) is 2.69. The molecule has 0 amide bonds. The molecule has 0 bridgehead atoms. The minimum absolute atomic E-state index is 0.0734. The number of carbonyl (C=O) groups excluding carboxylic acids is 1. The molecule has 0 aliphatic rings. The van der Waals surface area contributed by atoms with Crippen LogP contribution >= 0.6 is 0 Å². The predicted octanol–water partition coefficient (Wildman–Crippen LogP) is 2.73. The standard InChI is InChI=1S/C14H15NO3/c1-9-4-5-14(17-3)11(6-9)7-13(16)12-8-18-10(2)15-12/h4-6,8H,7H2,1-3H3. The van der Waals surface area contributed by atoms with E-state index in [4.69, 9.17) is 9.15 Å². The Labute approximate surface area is 106 Å². The molecular weight excluding hydrogens is 230 g/mol. The molecule has 0 saturated carbocycles. The van der Waals surface area contributed by atoms with Gasteiger partial charge in [-0.25, -0.2) is 4.98 Å². The molecule has 0 unspecified atom stereocenters. The van der Waals surface area contributed by atoms with Gasteiger partial charge in [0, 0.05) is 18.9 Å². The summed E-state index contributed by atoms with van der Waals surface area (Å²) in [5.41, 5.74) is 2.31. The lowest BCUT2D eigenvalue weighted by Gasteiger charge is -2.07. The van der Waals surface area contributed by atoms with Gasteiger partial charge in [-0.1, -0.05) is 17.7 Å². The molecule has 2 rings (SSSR count). The Balaban J connectivity index is 2.23. The predicted molar refractivity (Wildman–Crippen MR) is 67.0 cm³/mol. The van der Waals surface area contributed by atoms with Crippen LogP contribution in [0, 0.1) is 13.8 Å². The number of hydrogen-bond acceptors (Lipinski definition) is 4. The van der Waals surface area contributed by atoms with E-state index in [-0.39, 0.29) is 12.2 Å². The lowest BCUT2D eigenvalue weighted by molar-refractivity contribution is 0.0987. The van der Waals surface area contributed by atoms with Gasteiger partial charge in [0.1, 0.15) is 17.7 Å². The van der Waals surface area contributed by atoms with Gasteiger partial charge in [-0.2, -0.15) is 0 Å². The second-order valence-electron chi connectivity index (χ2n) is 4.17. The summed E-state index contributed by atoms with van der Waals surface area (Å²) in [7, 11) is 1.60. The summed E-state index contributed by atoms with van der Waals surface area (Å²) < 4.78 is 10.3. The first-order chi connectivity index (χ1) is 8.60. The number of aryl methyl sites for hydroxylation is 2. The Bertz CT molecular complexity index is 572. The van der Waals surface area contributed by atoms with Crippen LogP contribution in [0.15, 0.2) is 28.9 Å². The van der Waals surface area contributed by atoms with Crippen LogP contribution in [0.5, 0.6) is 5.75 Å². The van der Waals surface area contributed by atoms with Crippen molar-refractivity contribution in [3.05, 3.63) is 47.2 Å². The molecule has 4 nitrogen and oxygen atoms in total. The highest BCUT2D eigenvalue weighted by molar-refractivity contribution is 5.95. The normalized spacial score (nSPS) is 10.4. The maximum Gasteiger partial charge on any atom is 0.191 e. The molecule has 1 heterocycles. The highest BCUT2D eigenvalue weighted by Gasteiger charge is 2.14. The monoisotopic (exact) mass is 245 g/mol. The van der Waals surface area contributed by atoms with E-state index in [0.29, 0.717) is 17.3 Å². The number of aromatic nitrogens is 1. The Morgan fingerprint density at radius 1 is 1.39 bits per heavy atom. The fourth-order valence-corrected chi connectivity index (χ4v) is 1.80. The number of nitrogens with zero attached hydrogens (tertiary/aromatic N) is 1. The molecule has 0 aliphatic heterocycles. The third kappa shape index (κ3) is 2.59. The lowest BCUT2D eigenvalue weighted by atomic mass is 10.0. The summed E-state index contributed by atoms with van der Waals surface area (Å²) in [5, 5.41) is 0. The fraction of sp³-hybridized carbons (Fsp3) is 0.286. The van der Waals surface area contributed by atoms with Crippen LogP contribution in [0.3, 0.4) is 0 Å². The molecule has 4 heteroatoms. The summed E-state index contributed by atoms with van der Waals surface area (Å²) in [6.45, 7) is 3.69. The van der Waals surface area contributed by atoms with Crippen molar-refractivity contribution >= 4 is 5.78 Å². The van der Waals surface area contributed by atoms with Crippen LogP contribution < -0.4 is 4.74 Å². The van der Waals surface area contributed by atoms with Gasteiger partial charge in [-0.05, 0) is 13.0 Å². The Morgan fingerprint density at radius 2 is 2.17 bits per heavy atom. The number of benzene rings is 1. The van der Waals surface area contributed by atoms with Crippen LogP contribution in [0.2, 0.25) is 0 Å². The molecule has 1 aromatic carbocycles. The number of hydrogen-bond donors (Lipinski definition) is 0. The van der Waals surface area contributed by atoms with Crippen molar-refractivity contribution < 1.29 is 13.9 Å². The number of carbonyl (C=O) groups is 1. The summed E-state index contributed by atoms with van der Waals surface area (Å²) >= 11 is 0. The van der Waals surface area contributed by atoms with Crippen molar-refractivity contribution in [2.24, 2.45) is 0 Å². The summed E-state index contributed by atoms with van der Waals surface area (Å²) in [4.78, 5) is 16.1. The van der Waals surface area contributed by atoms with Crippen LogP contribution in [-0.4, -0.2) is 17.9 Å². The topological polar surface area (TPSA) is 52.3 Å². The first kappa shape index (κ1) is 12.4. The molecule has 0 N–H and O–H groups in total. The van der Waals surface area contributed by atoms with Gasteiger partial charge in [-0.15, -0.1) is 0 Å². The average Bonchev–Trinajstić information content (AvgIpc) is 2.76. The SMILES string of the molecule is COc1ccc(C)cc1CC(=O)c1coc(C)n1. The van der Waals surface area contributed by atoms with Gasteiger partial charge < -0.3 is 9.15 Å². The number of ketones is 1. The summed E-state index contributed by atoms with van der Waals surface area (Å²) in [5.74, 6) is 1.14. The molecular formula is C14H15NO3. The maximum absolute atomic E-state index is 12.0. The highest BCUT2D eigenvalue weighted by Crippen LogP contribution is 2.21. The highest BCUT2D eigenvalue weighted by atomic mass is 16.5. The van der Waals surface area contributed by atoms with E-state index in [1.165, 1.54) is 6.26 Å². The van der Waals surface area contributed by atoms with Crippen molar-refractivity contribution in [2.45, 2.75) is 20.3 Å². The molecule has 94 valence electrons. The first-order valence-corrected chi connectivity index (χ1v) is 5.69. The van der Waals surface area contributed by atoms with Gasteiger partial charge in [0.25, 0.3) is 0 Å². The van der Waals surface area contributed by atoms with Gasteiger partial charge in [-0.3, -0.25) is 4.79 Å². The molecule has 2 aromatic rings. The van der Waals surface area contributed by atoms with Gasteiger partial charge in [0.05, 0.1) is 7.11 Å². The zero-order valence-corrected chi connectivity index (χ0v) is 10.7. The number of oxazole rings is 1. The molecule has 0 aliphatic carbocycles. The smallest absolute Gasteiger partial charge is 0.191 e. The Hall–Kier alpha value is -2.10. The molecule has 1 aromatic heterocycles. The van der Waals surface area contributed by atoms with E-state index in [9.17, 15) is 4.79 Å². The maximum atomic E-state index is 12.0. The zero-order valence-electron chi connectivity index (χ0n) is 10.7. The van der Waals surface area contributed by atoms with Crippen molar-refractivity contribution in [3.63, 3.8) is 0 Å². The molecule has 0 saturated heterocycles. The van der Waals surface area contributed by atoms with Crippen LogP contribution in [0.25, 0.3) is 0 Å². The second kappa shape index (κ2) is 5.04. The average molecular weight is 245 g/mol. The number of ether oxygens (including phenoxy) is 1. The summed E-state index contributed by atoms with van der Waals surface area (Å²) in [6.07, 6.45) is 1.65. The van der Waals surface area contributed by atoms with Crippen LogP contribution in [0.1, 0.15) is 27.5 Å². The van der Waals surface area contributed by atoms with Crippen LogP contribution in [0.4, 0.5) is 0 Å². The van der Waals surface area contributed by atoms with Crippen molar-refractivity contribution in [1.29, 1.82) is 0 Å². The number of Topliss-reactive ketones (excluding diaryl/α,β-unsaturated/α-hetero) is 1. The lowest BCUT2D eigenvalue weighted by Crippen LogP contribution is -2.05. The number of rotatable bonds is 4. The zero-order chi connectivity index (χ0) is 13.1. The van der Waals surface area contributed by atoms with E-state index >= 15 is 0 Å². The second-order valence-corrected chi connectivity index (χ2v) is 4.17. The first-order valence-electron chi connectivity index (χ1n) is 5.69. The van der Waals surface area contributed by atoms with Crippen molar-refractivity contribution in [3.8, 4) is 5.75 Å². The molecule has 0 radical (unpaired) electrons. The minimum Gasteiger partial charge on any atom is -0.496 e. The van der Waals surface area contributed by atoms with Crippen molar-refractivity contribution in [1.82, 2.24) is 4.98 Å².